The summed E-state index contributed by atoms with van der Waals surface area (Å²) < 4.78 is 0.290. The molecule has 4 aliphatic carbocycles. The zero-order chi connectivity index (χ0) is 17.2. The third-order valence-corrected chi connectivity index (χ3v) is 7.41. The topological polar surface area (TPSA) is 49.4 Å². The van der Waals surface area contributed by atoms with E-state index in [0.717, 1.165) is 37.9 Å². The lowest BCUT2D eigenvalue weighted by molar-refractivity contribution is -0.117. The average Bonchev–Trinajstić information content (AvgIpc) is 2.98. The second kappa shape index (κ2) is 7.36. The first-order valence-corrected chi connectivity index (χ1v) is 10.4. The quantitative estimate of drug-likeness (QED) is 0.790. The summed E-state index contributed by atoms with van der Waals surface area (Å²) >= 11 is 1.66. The maximum Gasteiger partial charge on any atom is 0.209 e. The van der Waals surface area contributed by atoms with E-state index in [-0.39, 0.29) is 4.75 Å². The minimum Gasteiger partial charge on any atom is -0.345 e. The highest BCUT2D eigenvalue weighted by molar-refractivity contribution is 8.14. The number of likely N-dealkylation sites (tertiary alicyclic amines) is 1. The Morgan fingerprint density at radius 2 is 1.83 bits per heavy atom. The molecule has 24 heavy (non-hydrogen) atoms. The van der Waals surface area contributed by atoms with E-state index < -0.39 is 0 Å². The van der Waals surface area contributed by atoms with Gasteiger partial charge in [0.05, 0.1) is 0 Å². The highest BCUT2D eigenvalue weighted by atomic mass is 32.2. The van der Waals surface area contributed by atoms with Crippen LogP contribution in [0.15, 0.2) is 0 Å². The van der Waals surface area contributed by atoms with E-state index in [2.05, 4.69) is 12.2 Å². The molecule has 0 aromatic rings. The lowest BCUT2D eigenvalue weighted by Crippen LogP contribution is -2.63. The van der Waals surface area contributed by atoms with Crippen molar-refractivity contribution in [2.45, 2.75) is 75.5 Å². The zero-order valence-corrected chi connectivity index (χ0v) is 16.0. The Bertz CT molecular complexity index is 462. The van der Waals surface area contributed by atoms with E-state index >= 15 is 0 Å². The predicted molar refractivity (Wildman–Crippen MR) is 99.0 cm³/mol. The third kappa shape index (κ3) is 3.98. The van der Waals surface area contributed by atoms with Crippen molar-refractivity contribution in [3.05, 3.63) is 0 Å². The number of thioether (sulfide) groups is 1. The van der Waals surface area contributed by atoms with Crippen LogP contribution < -0.4 is 5.32 Å². The summed E-state index contributed by atoms with van der Waals surface area (Å²) in [5, 5.41) is 4.08. The second-order valence-corrected chi connectivity index (χ2v) is 10.0. The van der Waals surface area contributed by atoms with Crippen LogP contribution in [0.5, 0.6) is 0 Å². The molecular formula is C19H32N2O2S. The van der Waals surface area contributed by atoms with Crippen LogP contribution in [0.2, 0.25) is 0 Å². The molecule has 1 amide bonds. The van der Waals surface area contributed by atoms with Crippen molar-refractivity contribution in [2.24, 2.45) is 11.8 Å². The summed E-state index contributed by atoms with van der Waals surface area (Å²) in [5.74, 6) is 1.75. The van der Waals surface area contributed by atoms with Gasteiger partial charge in [0.2, 0.25) is 6.41 Å². The Morgan fingerprint density at radius 3 is 2.29 bits per heavy atom. The molecule has 2 unspecified atom stereocenters. The van der Waals surface area contributed by atoms with Crippen molar-refractivity contribution in [3.8, 4) is 0 Å². The number of hydrogen-bond acceptors (Lipinski definition) is 4. The highest BCUT2D eigenvalue weighted by Gasteiger charge is 2.58. The molecule has 4 saturated carbocycles. The molecule has 5 heteroatoms. The van der Waals surface area contributed by atoms with Gasteiger partial charge >= 0.3 is 0 Å². The van der Waals surface area contributed by atoms with E-state index in [9.17, 15) is 9.59 Å². The van der Waals surface area contributed by atoms with Gasteiger partial charge in [-0.2, -0.15) is 0 Å². The molecule has 0 aromatic carbocycles. The minimum atomic E-state index is 0.290. The maximum absolute atomic E-state index is 11.5. The molecule has 136 valence electrons. The van der Waals surface area contributed by atoms with Crippen LogP contribution in [0.4, 0.5) is 0 Å². The first kappa shape index (κ1) is 18.2. The smallest absolute Gasteiger partial charge is 0.209 e. The van der Waals surface area contributed by atoms with Crippen LogP contribution in [-0.4, -0.2) is 46.3 Å². The van der Waals surface area contributed by atoms with Gasteiger partial charge in [-0.05, 0) is 69.7 Å². The average molecular weight is 353 g/mol. The number of rotatable bonds is 4. The fourth-order valence-electron chi connectivity index (χ4n) is 6.03. The molecule has 0 aromatic heterocycles. The molecule has 2 atom stereocenters. The Hall–Kier alpha value is -0.550. The predicted octanol–water partition coefficient (Wildman–Crippen LogP) is 3.21. The van der Waals surface area contributed by atoms with Crippen LogP contribution in [0.25, 0.3) is 0 Å². The van der Waals surface area contributed by atoms with Gasteiger partial charge in [-0.15, -0.1) is 0 Å². The number of amides is 1. The third-order valence-electron chi connectivity index (χ3n) is 6.21. The van der Waals surface area contributed by atoms with Gasteiger partial charge in [-0.25, -0.2) is 0 Å². The Labute approximate surface area is 150 Å². The van der Waals surface area contributed by atoms with Crippen molar-refractivity contribution >= 4 is 23.3 Å². The number of nitrogens with one attached hydrogen (secondary N) is 1. The van der Waals surface area contributed by atoms with Gasteiger partial charge in [0.25, 0.3) is 0 Å². The molecule has 1 heterocycles. The molecule has 5 aliphatic rings. The van der Waals surface area contributed by atoms with Gasteiger partial charge in [0, 0.05) is 30.3 Å². The SMILES string of the molecule is CCNC12CC3CC(C1)CC(SC(C)=O)(C3)C2.O=CN1CCCC1. The van der Waals surface area contributed by atoms with Gasteiger partial charge in [0.15, 0.2) is 5.12 Å². The molecule has 5 fully saturated rings. The van der Waals surface area contributed by atoms with Crippen molar-refractivity contribution in [2.75, 3.05) is 19.6 Å². The molecule has 5 rings (SSSR count). The van der Waals surface area contributed by atoms with Crippen LogP contribution in [0.3, 0.4) is 0 Å². The largest absolute Gasteiger partial charge is 0.345 e. The maximum atomic E-state index is 11.5. The normalized spacial score (nSPS) is 39.5. The van der Waals surface area contributed by atoms with Crippen molar-refractivity contribution in [1.82, 2.24) is 10.2 Å². The lowest BCUT2D eigenvalue weighted by Gasteiger charge is -2.61. The summed E-state index contributed by atoms with van der Waals surface area (Å²) in [5.41, 5.74) is 0.376. The lowest BCUT2D eigenvalue weighted by atomic mass is 9.52. The molecular weight excluding hydrogens is 320 g/mol. The van der Waals surface area contributed by atoms with Crippen LogP contribution in [0.1, 0.15) is 65.2 Å². The zero-order valence-electron chi connectivity index (χ0n) is 15.2. The highest BCUT2D eigenvalue weighted by Crippen LogP contribution is 2.62. The van der Waals surface area contributed by atoms with E-state index in [1.165, 1.54) is 51.4 Å². The summed E-state index contributed by atoms with van der Waals surface area (Å²) in [4.78, 5) is 23.3. The Balaban J connectivity index is 0.000000203. The summed E-state index contributed by atoms with van der Waals surface area (Å²) in [6.07, 6.45) is 11.3. The number of nitrogens with zero attached hydrogens (tertiary/aromatic N) is 1. The van der Waals surface area contributed by atoms with Crippen LogP contribution >= 0.6 is 11.8 Å². The molecule has 0 radical (unpaired) electrons. The Morgan fingerprint density at radius 1 is 1.21 bits per heavy atom. The van der Waals surface area contributed by atoms with Crippen molar-refractivity contribution in [1.29, 1.82) is 0 Å². The fraction of sp³-hybridized carbons (Fsp3) is 0.895. The molecule has 4 nitrogen and oxygen atoms in total. The van der Waals surface area contributed by atoms with E-state index in [4.69, 9.17) is 0 Å². The van der Waals surface area contributed by atoms with E-state index in [1.807, 2.05) is 0 Å². The minimum absolute atomic E-state index is 0.290. The monoisotopic (exact) mass is 352 g/mol. The molecule has 1 aliphatic heterocycles. The van der Waals surface area contributed by atoms with Gasteiger partial charge in [0.1, 0.15) is 0 Å². The van der Waals surface area contributed by atoms with Crippen molar-refractivity contribution < 1.29 is 9.59 Å². The first-order valence-electron chi connectivity index (χ1n) is 9.62. The Kier molecular flexibility index (Phi) is 5.60. The number of hydrogen-bond donors (Lipinski definition) is 1. The number of carbonyl (C=O) groups is 2. The van der Waals surface area contributed by atoms with Crippen LogP contribution in [-0.2, 0) is 9.59 Å². The van der Waals surface area contributed by atoms with E-state index in [1.54, 1.807) is 23.6 Å². The molecule has 0 spiro atoms. The summed E-state index contributed by atoms with van der Waals surface area (Å²) in [6.45, 7) is 6.97. The summed E-state index contributed by atoms with van der Waals surface area (Å²) in [7, 11) is 0. The number of carbonyl (C=O) groups excluding carboxylic acids is 2. The van der Waals surface area contributed by atoms with Crippen molar-refractivity contribution in [3.63, 3.8) is 0 Å². The molecule has 1 N–H and O–H groups in total. The molecule has 1 saturated heterocycles. The van der Waals surface area contributed by atoms with Gasteiger partial charge in [-0.3, -0.25) is 9.59 Å². The fourth-order valence-corrected chi connectivity index (χ4v) is 7.63. The molecule has 4 bridgehead atoms. The van der Waals surface area contributed by atoms with Gasteiger partial charge in [-0.1, -0.05) is 18.7 Å². The first-order chi connectivity index (χ1) is 11.5. The second-order valence-electron chi connectivity index (χ2n) is 8.40. The van der Waals surface area contributed by atoms with E-state index in [0.29, 0.717) is 10.7 Å². The standard InChI is InChI=1S/C14H23NOS.C5H9NO/c1-3-15-13-5-11-4-12(6-13)8-14(7-11,9-13)17-10(2)16;7-5-6-3-1-2-4-6/h11-12,15H,3-9H2,1-2H3;5H,1-4H2. The van der Waals surface area contributed by atoms with Crippen LogP contribution in [0, 0.1) is 11.8 Å². The van der Waals surface area contributed by atoms with Gasteiger partial charge < -0.3 is 10.2 Å². The summed E-state index contributed by atoms with van der Waals surface area (Å²) in [6, 6.07) is 0.